The number of benzene rings is 2. The predicted molar refractivity (Wildman–Crippen MR) is 158 cm³/mol. The van der Waals surface area contributed by atoms with Crippen molar-refractivity contribution in [3.8, 4) is 0 Å². The second-order valence-corrected chi connectivity index (χ2v) is 13.4. The molecule has 222 valence electrons. The van der Waals surface area contributed by atoms with Crippen molar-refractivity contribution in [2.75, 3.05) is 18.6 Å². The molecule has 8 rings (SSSR count). The molecule has 5 aliphatic rings. The quantitative estimate of drug-likeness (QED) is 0.366. The molecule has 43 heavy (non-hydrogen) atoms. The maximum absolute atomic E-state index is 15.0. The van der Waals surface area contributed by atoms with Crippen LogP contribution in [0.1, 0.15) is 44.5 Å². The van der Waals surface area contributed by atoms with E-state index in [9.17, 15) is 20.1 Å². The number of hydrogen-bond acceptors (Lipinski definition) is 7. The van der Waals surface area contributed by atoms with Crippen LogP contribution in [-0.2, 0) is 25.3 Å². The Balaban J connectivity index is 1.44. The number of anilines is 1. The summed E-state index contributed by atoms with van der Waals surface area (Å²) in [5, 5.41) is 37.3. The predicted octanol–water partition coefficient (Wildman–Crippen LogP) is 2.51. The Kier molecular flexibility index (Phi) is 4.81. The molecule has 1 spiro atoms. The third-order valence-electron chi connectivity index (χ3n) is 10.7. The van der Waals surface area contributed by atoms with Crippen LogP contribution < -0.4 is 4.90 Å². The van der Waals surface area contributed by atoms with Crippen LogP contribution in [0.25, 0.3) is 17.0 Å². The van der Waals surface area contributed by atoms with Crippen LogP contribution in [-0.4, -0.2) is 78.7 Å². The fraction of sp³-hybridized carbons (Fsp3) is 0.394. The van der Waals surface area contributed by atoms with Crippen molar-refractivity contribution < 1.29 is 29.6 Å². The molecule has 6 heterocycles. The summed E-state index contributed by atoms with van der Waals surface area (Å²) in [5.41, 5.74) is -4.06. The van der Waals surface area contributed by atoms with E-state index in [1.165, 1.54) is 18.2 Å². The van der Waals surface area contributed by atoms with Gasteiger partial charge in [-0.25, -0.2) is 0 Å². The number of aliphatic hydroxyl groups is 3. The lowest BCUT2D eigenvalue weighted by Gasteiger charge is -2.71. The summed E-state index contributed by atoms with van der Waals surface area (Å²) in [6, 6.07) is 14.9. The highest BCUT2D eigenvalue weighted by Gasteiger charge is 2.92. The van der Waals surface area contributed by atoms with Gasteiger partial charge < -0.3 is 29.9 Å². The maximum Gasteiger partial charge on any atom is 0.287 e. The van der Waals surface area contributed by atoms with Crippen LogP contribution in [0.2, 0.25) is 0 Å². The van der Waals surface area contributed by atoms with Gasteiger partial charge >= 0.3 is 0 Å². The molecule has 2 aromatic carbocycles. The topological polar surface area (TPSA) is 130 Å². The summed E-state index contributed by atoms with van der Waals surface area (Å²) < 4.78 is 5.86. The number of aliphatic hydroxyl groups excluding tert-OH is 1. The number of methoxy groups -OCH3 is 1. The van der Waals surface area contributed by atoms with Gasteiger partial charge in [-0.3, -0.25) is 19.4 Å². The lowest BCUT2D eigenvalue weighted by atomic mass is 9.60. The number of aromatic nitrogens is 1. The molecule has 0 unspecified atom stereocenters. The van der Waals surface area contributed by atoms with Crippen LogP contribution in [0.3, 0.4) is 0 Å². The molecule has 10 nitrogen and oxygen atoms in total. The van der Waals surface area contributed by atoms with Gasteiger partial charge in [0, 0.05) is 57.7 Å². The number of nitrogens with one attached hydrogen (secondary N) is 1. The van der Waals surface area contributed by atoms with E-state index < -0.39 is 58.4 Å². The van der Waals surface area contributed by atoms with Gasteiger partial charge in [0.25, 0.3) is 17.5 Å². The van der Waals surface area contributed by atoms with E-state index in [0.717, 1.165) is 27.1 Å². The standard InChI is InChI=1S/C33H34N4O6/c1-29(2)14-15-35-23(16-19-18-10-6-8-12-21(18)34-25(19)29)26(39)37-32(42,28(35)40)27(43-5)31(41)20-11-7-9-13-22(20)36-30(3,4)24(17-38)33(31,36)37/h6-16,24,27,34,38,41-42H,17H2,1-5H3/t24-,27+,31+,32+,33+/m0/s1. The molecule has 5 aliphatic heterocycles. The van der Waals surface area contributed by atoms with E-state index >= 15 is 4.79 Å². The number of carbonyl (C=O) groups excluding carboxylic acids is 2. The van der Waals surface area contributed by atoms with Crippen molar-refractivity contribution >= 4 is 34.5 Å². The van der Waals surface area contributed by atoms with Gasteiger partial charge in [-0.05, 0) is 32.1 Å². The van der Waals surface area contributed by atoms with Crippen molar-refractivity contribution in [2.45, 2.75) is 61.7 Å². The monoisotopic (exact) mass is 582 g/mol. The van der Waals surface area contributed by atoms with Gasteiger partial charge in [-0.2, -0.15) is 0 Å². The Morgan fingerprint density at radius 1 is 0.977 bits per heavy atom. The second-order valence-electron chi connectivity index (χ2n) is 13.4. The average Bonchev–Trinajstić information content (AvgIpc) is 3.49. The summed E-state index contributed by atoms with van der Waals surface area (Å²) in [6.07, 6.45) is 3.48. The van der Waals surface area contributed by atoms with Crippen LogP contribution in [0, 0.1) is 5.92 Å². The molecule has 0 radical (unpaired) electrons. The highest BCUT2D eigenvalue weighted by molar-refractivity contribution is 6.12. The van der Waals surface area contributed by atoms with Gasteiger partial charge in [0.15, 0.2) is 17.4 Å². The van der Waals surface area contributed by atoms with Gasteiger partial charge in [0.2, 0.25) is 0 Å². The number of hydrogen-bond donors (Lipinski definition) is 4. The zero-order valence-corrected chi connectivity index (χ0v) is 24.6. The third kappa shape index (κ3) is 2.56. The van der Waals surface area contributed by atoms with E-state index in [2.05, 4.69) is 4.98 Å². The zero-order valence-electron chi connectivity index (χ0n) is 24.6. The number of nitrogens with zero attached hydrogens (tertiary/aromatic N) is 3. The molecular formula is C33H34N4O6. The van der Waals surface area contributed by atoms with Crippen molar-refractivity contribution in [1.29, 1.82) is 0 Å². The molecule has 1 aromatic heterocycles. The lowest BCUT2D eigenvalue weighted by Crippen LogP contribution is -2.89. The van der Waals surface area contributed by atoms with Gasteiger partial charge in [0.1, 0.15) is 5.70 Å². The largest absolute Gasteiger partial charge is 0.396 e. The van der Waals surface area contributed by atoms with Gasteiger partial charge in [0.05, 0.1) is 12.5 Å². The minimum absolute atomic E-state index is 0.0261. The molecule has 3 fully saturated rings. The Morgan fingerprint density at radius 2 is 1.67 bits per heavy atom. The van der Waals surface area contributed by atoms with E-state index in [0.29, 0.717) is 11.3 Å². The van der Waals surface area contributed by atoms with E-state index in [4.69, 9.17) is 4.74 Å². The summed E-state index contributed by atoms with van der Waals surface area (Å²) in [5.74, 6) is -2.23. The fourth-order valence-electron chi connectivity index (χ4n) is 9.01. The summed E-state index contributed by atoms with van der Waals surface area (Å²) in [4.78, 5) is 37.4. The molecule has 5 atom stereocenters. The van der Waals surface area contributed by atoms with E-state index in [-0.39, 0.29) is 5.70 Å². The molecule has 4 N–H and O–H groups in total. The molecule has 0 saturated carbocycles. The SMILES string of the molecule is CO[C@@H]1[C@]2(O)c3ccccc3N3C(C)(C)[C@H](CO)[C@]32N2C(=O)C3=Cc4c([nH]c5ccccc45)C(C)(C)C=CN3C(=O)[C@]12O. The number of carbonyl (C=O) groups is 2. The van der Waals surface area contributed by atoms with Gasteiger partial charge in [-0.15, -0.1) is 0 Å². The van der Waals surface area contributed by atoms with Crippen molar-refractivity contribution in [1.82, 2.24) is 14.8 Å². The number of rotatable bonds is 2. The van der Waals surface area contributed by atoms with Crippen LogP contribution in [0.5, 0.6) is 0 Å². The number of amides is 2. The normalized spacial score (nSPS) is 34.4. The Morgan fingerprint density at radius 3 is 2.40 bits per heavy atom. The van der Waals surface area contributed by atoms with Crippen LogP contribution in [0.15, 0.2) is 66.5 Å². The van der Waals surface area contributed by atoms with Crippen LogP contribution >= 0.6 is 0 Å². The molecule has 3 saturated heterocycles. The summed E-state index contributed by atoms with van der Waals surface area (Å²) in [6.45, 7) is 7.44. The highest BCUT2D eigenvalue weighted by Crippen LogP contribution is 2.74. The molecule has 0 bridgehead atoms. The molecule has 10 heteroatoms. The molecular weight excluding hydrogens is 548 g/mol. The Hall–Kier alpha value is -3.96. The Bertz CT molecular complexity index is 1840. The number of piperazine rings is 1. The summed E-state index contributed by atoms with van der Waals surface area (Å²) in [7, 11) is 1.31. The highest BCUT2D eigenvalue weighted by atomic mass is 16.5. The lowest BCUT2D eigenvalue weighted by molar-refractivity contribution is -0.218. The van der Waals surface area contributed by atoms with Crippen LogP contribution in [0.4, 0.5) is 5.69 Å². The first-order chi connectivity index (χ1) is 20.3. The summed E-state index contributed by atoms with van der Waals surface area (Å²) >= 11 is 0. The fourth-order valence-corrected chi connectivity index (χ4v) is 9.01. The minimum Gasteiger partial charge on any atom is -0.396 e. The van der Waals surface area contributed by atoms with Crippen molar-refractivity contribution in [3.63, 3.8) is 0 Å². The zero-order chi connectivity index (χ0) is 30.5. The number of ether oxygens (including phenoxy) is 1. The maximum atomic E-state index is 15.0. The number of fused-ring (bicyclic) bond motifs is 8. The van der Waals surface area contributed by atoms with E-state index in [1.807, 2.05) is 75.1 Å². The van der Waals surface area contributed by atoms with Gasteiger partial charge in [-0.1, -0.05) is 56.3 Å². The number of H-pyrrole nitrogens is 1. The molecule has 2 amide bonds. The number of aromatic amines is 1. The second kappa shape index (κ2) is 7.75. The molecule has 0 aliphatic carbocycles. The number of para-hydroxylation sites is 2. The first-order valence-corrected chi connectivity index (χ1v) is 14.5. The van der Waals surface area contributed by atoms with E-state index in [1.54, 1.807) is 18.2 Å². The first-order valence-electron chi connectivity index (χ1n) is 14.5. The number of allylic oxidation sites excluding steroid dienone is 1. The van der Waals surface area contributed by atoms with Crippen molar-refractivity contribution in [2.24, 2.45) is 5.92 Å². The smallest absolute Gasteiger partial charge is 0.287 e. The average molecular weight is 583 g/mol. The first kappa shape index (κ1) is 26.7. The molecule has 3 aromatic rings. The minimum atomic E-state index is -2.59. The van der Waals surface area contributed by atoms with Crippen molar-refractivity contribution in [3.05, 3.63) is 83.3 Å². The Labute approximate surface area is 248 Å². The third-order valence-corrected chi connectivity index (χ3v) is 10.7.